The minimum Gasteiger partial charge on any atom is -0.356 e. The second kappa shape index (κ2) is 10.6. The maximum absolute atomic E-state index is 14.9. The first-order valence-electron chi connectivity index (χ1n) is 12.5. The summed E-state index contributed by atoms with van der Waals surface area (Å²) in [6.45, 7) is 4.69. The topological polar surface area (TPSA) is 131 Å². The number of nitrogens with zero attached hydrogens (tertiary/aromatic N) is 2. The first-order valence-corrected chi connectivity index (χ1v) is 12.5. The molecule has 9 nitrogen and oxygen atoms in total. The van der Waals surface area contributed by atoms with Gasteiger partial charge < -0.3 is 20.9 Å². The summed E-state index contributed by atoms with van der Waals surface area (Å²) in [5.41, 5.74) is -1.26. The molecule has 4 rings (SSSR count). The van der Waals surface area contributed by atoms with E-state index in [9.17, 15) is 46.4 Å². The Labute approximate surface area is 216 Å². The highest BCUT2D eigenvalue weighted by Crippen LogP contribution is 2.49. The van der Waals surface area contributed by atoms with E-state index < -0.39 is 77.7 Å². The summed E-state index contributed by atoms with van der Waals surface area (Å²) in [7, 11) is 0. The number of amides is 4. The van der Waals surface area contributed by atoms with Crippen molar-refractivity contribution in [1.29, 1.82) is 5.26 Å². The molecule has 38 heavy (non-hydrogen) atoms. The maximum atomic E-state index is 14.9. The molecule has 1 aliphatic carbocycles. The molecule has 4 fully saturated rings. The second-order valence-electron chi connectivity index (χ2n) is 11.3. The van der Waals surface area contributed by atoms with Crippen molar-refractivity contribution >= 4 is 23.6 Å². The Kier molecular flexibility index (Phi) is 8.29. The summed E-state index contributed by atoms with van der Waals surface area (Å²) in [6, 6.07) is -4.06. The van der Waals surface area contributed by atoms with Crippen LogP contribution in [0.5, 0.6) is 0 Å². The van der Waals surface area contributed by atoms with Crippen molar-refractivity contribution in [1.82, 2.24) is 20.9 Å². The van der Waals surface area contributed by atoms with Crippen LogP contribution in [0.15, 0.2) is 0 Å². The third kappa shape index (κ3) is 6.18. The summed E-state index contributed by atoms with van der Waals surface area (Å²) >= 11 is 0. The molecule has 212 valence electrons. The van der Waals surface area contributed by atoms with Gasteiger partial charge in [-0.15, -0.1) is 0 Å². The number of hydrogen-bond donors (Lipinski definition) is 3. The number of carbonyl (C=O) groups excluding carboxylic acids is 4. The fourth-order valence-corrected chi connectivity index (χ4v) is 5.58. The number of piperidine rings is 3. The Morgan fingerprint density at radius 3 is 2.34 bits per heavy atom. The Morgan fingerprint density at radius 1 is 1.16 bits per heavy atom. The largest absolute Gasteiger partial charge is 0.471 e. The standard InChI is InChI=1S/C24H32F5N5O4/c1-22(2,3)17(33-21(38)24(27,28)29)20(37)34-14-6-7-15(23(25,26)10-14)16(34)19(36)32-13(11-30)9-12-5-4-8-31-18(12)35/h12-17H,4-10H2,1-3H3,(H,31,35)(H,32,36)(H,33,38)/t12-,13-,14+,15+,16+,17-/m0/s1. The fourth-order valence-electron chi connectivity index (χ4n) is 5.58. The van der Waals surface area contributed by atoms with Gasteiger partial charge in [0.15, 0.2) is 0 Å². The van der Waals surface area contributed by atoms with Crippen LogP contribution in [0.2, 0.25) is 0 Å². The fraction of sp³-hybridized carbons (Fsp3) is 0.792. The van der Waals surface area contributed by atoms with Crippen LogP contribution < -0.4 is 16.0 Å². The van der Waals surface area contributed by atoms with Gasteiger partial charge >= 0.3 is 12.1 Å². The van der Waals surface area contributed by atoms with Crippen LogP contribution in [0, 0.1) is 28.6 Å². The highest BCUT2D eigenvalue weighted by atomic mass is 19.4. The van der Waals surface area contributed by atoms with Crippen LogP contribution >= 0.6 is 0 Å². The van der Waals surface area contributed by atoms with Gasteiger partial charge in [0.05, 0.1) is 12.0 Å². The molecule has 14 heteroatoms. The van der Waals surface area contributed by atoms with Crippen LogP contribution in [0.4, 0.5) is 22.0 Å². The molecule has 3 saturated heterocycles. The van der Waals surface area contributed by atoms with Crippen LogP contribution in [0.25, 0.3) is 0 Å². The summed E-state index contributed by atoms with van der Waals surface area (Å²) in [4.78, 5) is 51.7. The molecule has 4 aliphatic rings. The molecule has 0 aromatic carbocycles. The first kappa shape index (κ1) is 29.6. The smallest absolute Gasteiger partial charge is 0.356 e. The van der Waals surface area contributed by atoms with Crippen molar-refractivity contribution in [2.45, 2.75) is 95.6 Å². The second-order valence-corrected chi connectivity index (χ2v) is 11.3. The molecule has 6 atom stereocenters. The third-order valence-electron chi connectivity index (χ3n) is 7.50. The number of hydrogen-bond acceptors (Lipinski definition) is 5. The van der Waals surface area contributed by atoms with Gasteiger partial charge in [-0.2, -0.15) is 18.4 Å². The molecule has 0 unspecified atom stereocenters. The SMILES string of the molecule is CC(C)(C)[C@@H](NC(=O)C(F)(F)F)C(=O)N1[C@@H]2CC[C@H]([C@@H]1C(=O)N[C@H](C#N)C[C@@H]1CCCNC1=O)C(F)(F)C2. The van der Waals surface area contributed by atoms with Gasteiger partial charge in [-0.1, -0.05) is 20.8 Å². The summed E-state index contributed by atoms with van der Waals surface area (Å²) in [6.07, 6.45) is -5.00. The van der Waals surface area contributed by atoms with E-state index in [0.29, 0.717) is 19.4 Å². The predicted octanol–water partition coefficient (Wildman–Crippen LogP) is 2.02. The average molecular weight is 550 g/mol. The van der Waals surface area contributed by atoms with E-state index in [2.05, 4.69) is 10.6 Å². The molecule has 1 saturated carbocycles. The molecule has 3 heterocycles. The predicted molar refractivity (Wildman–Crippen MR) is 122 cm³/mol. The lowest BCUT2D eigenvalue weighted by atomic mass is 9.70. The molecular formula is C24H32F5N5O4. The minimum absolute atomic E-state index is 0.0640. The van der Waals surface area contributed by atoms with Crippen LogP contribution in [0.1, 0.15) is 59.3 Å². The Morgan fingerprint density at radius 2 is 1.82 bits per heavy atom. The highest BCUT2D eigenvalue weighted by molar-refractivity contribution is 5.94. The van der Waals surface area contributed by atoms with E-state index in [4.69, 9.17) is 0 Å². The summed E-state index contributed by atoms with van der Waals surface area (Å²) in [5.74, 6) is -10.3. The monoisotopic (exact) mass is 549 g/mol. The number of nitrogens with one attached hydrogen (secondary N) is 3. The lowest BCUT2D eigenvalue weighted by Crippen LogP contribution is -2.71. The third-order valence-corrected chi connectivity index (χ3v) is 7.50. The van der Waals surface area contributed by atoms with Crippen LogP contribution in [0.3, 0.4) is 0 Å². The van der Waals surface area contributed by atoms with Gasteiger partial charge in [0, 0.05) is 24.9 Å². The zero-order valence-electron chi connectivity index (χ0n) is 21.3. The van der Waals surface area contributed by atoms with Gasteiger partial charge in [0.25, 0.3) is 5.92 Å². The Hall–Kier alpha value is -2.98. The first-order chi connectivity index (χ1) is 17.5. The van der Waals surface area contributed by atoms with E-state index in [1.165, 1.54) is 20.8 Å². The lowest BCUT2D eigenvalue weighted by Gasteiger charge is -2.55. The van der Waals surface area contributed by atoms with Crippen LogP contribution in [-0.2, 0) is 19.2 Å². The van der Waals surface area contributed by atoms with Gasteiger partial charge in [-0.25, -0.2) is 8.78 Å². The van der Waals surface area contributed by atoms with E-state index in [1.807, 2.05) is 6.07 Å². The van der Waals surface area contributed by atoms with E-state index in [1.54, 1.807) is 5.32 Å². The van der Waals surface area contributed by atoms with Crippen molar-refractivity contribution in [2.75, 3.05) is 6.54 Å². The average Bonchev–Trinajstić information content (AvgIpc) is 2.80. The Bertz CT molecular complexity index is 1010. The zero-order valence-corrected chi connectivity index (χ0v) is 21.3. The number of fused-ring (bicyclic) bond motifs is 3. The molecule has 0 radical (unpaired) electrons. The molecule has 3 N–H and O–H groups in total. The number of rotatable bonds is 6. The molecule has 0 aromatic rings. The molecule has 4 amide bonds. The quantitative estimate of drug-likeness (QED) is 0.437. The van der Waals surface area contributed by atoms with E-state index in [0.717, 1.165) is 4.90 Å². The molecule has 0 spiro atoms. The van der Waals surface area contributed by atoms with Gasteiger partial charge in [0.2, 0.25) is 17.7 Å². The van der Waals surface area contributed by atoms with E-state index >= 15 is 0 Å². The van der Waals surface area contributed by atoms with Crippen molar-refractivity contribution in [2.24, 2.45) is 17.3 Å². The number of nitriles is 1. The normalized spacial score (nSPS) is 28.5. The van der Waals surface area contributed by atoms with Gasteiger partial charge in [-0.05, 0) is 37.5 Å². The highest BCUT2D eigenvalue weighted by Gasteiger charge is 2.61. The number of alkyl halides is 5. The van der Waals surface area contributed by atoms with Crippen molar-refractivity contribution in [3.63, 3.8) is 0 Å². The van der Waals surface area contributed by atoms with Gasteiger partial charge in [-0.3, -0.25) is 19.2 Å². The number of carbonyl (C=O) groups is 4. The van der Waals surface area contributed by atoms with E-state index in [-0.39, 0.29) is 25.2 Å². The molecule has 0 aromatic heterocycles. The van der Waals surface area contributed by atoms with Crippen molar-refractivity contribution < 1.29 is 41.1 Å². The number of halogens is 5. The van der Waals surface area contributed by atoms with Gasteiger partial charge in [0.1, 0.15) is 18.1 Å². The molecule has 3 aliphatic heterocycles. The van der Waals surface area contributed by atoms with Crippen molar-refractivity contribution in [3.05, 3.63) is 0 Å². The molecular weight excluding hydrogens is 517 g/mol. The maximum Gasteiger partial charge on any atom is 0.471 e. The molecule has 2 bridgehead atoms. The summed E-state index contributed by atoms with van der Waals surface area (Å²) in [5, 5.41) is 16.3. The zero-order chi connectivity index (χ0) is 28.6. The lowest BCUT2D eigenvalue weighted by molar-refractivity contribution is -0.197. The minimum atomic E-state index is -5.29. The van der Waals surface area contributed by atoms with Crippen molar-refractivity contribution in [3.8, 4) is 6.07 Å². The Balaban J connectivity index is 1.90. The summed E-state index contributed by atoms with van der Waals surface area (Å²) < 4.78 is 68.9. The van der Waals surface area contributed by atoms with Crippen LogP contribution in [-0.4, -0.2) is 71.3 Å².